The molecule has 2 aromatic rings. The van der Waals surface area contributed by atoms with Crippen LogP contribution in [0.1, 0.15) is 0 Å². The second-order valence-electron chi connectivity index (χ2n) is 3.22. The van der Waals surface area contributed by atoms with E-state index >= 15 is 0 Å². The molecule has 0 amide bonds. The van der Waals surface area contributed by atoms with E-state index in [1.54, 1.807) is 12.1 Å². The Hall–Kier alpha value is -1.59. The van der Waals surface area contributed by atoms with Gasteiger partial charge in [-0.2, -0.15) is 0 Å². The molecule has 15 heavy (non-hydrogen) atoms. The van der Waals surface area contributed by atoms with E-state index in [1.807, 2.05) is 0 Å². The number of primary sulfonamides is 1. The van der Waals surface area contributed by atoms with Gasteiger partial charge in [-0.05, 0) is 35.0 Å². The van der Waals surface area contributed by atoms with Gasteiger partial charge in [0.15, 0.2) is 5.75 Å². The van der Waals surface area contributed by atoms with Crippen LogP contribution in [-0.2, 0) is 15.1 Å². The summed E-state index contributed by atoms with van der Waals surface area (Å²) >= 11 is 0. The summed E-state index contributed by atoms with van der Waals surface area (Å²) in [4.78, 5) is 0.0144. The van der Waals surface area contributed by atoms with E-state index in [0.29, 0.717) is 5.39 Å². The molecule has 4 nitrogen and oxygen atoms in total. The second kappa shape index (κ2) is 3.22. The summed E-state index contributed by atoms with van der Waals surface area (Å²) in [6.07, 6.45) is 0. The van der Waals surface area contributed by atoms with E-state index in [9.17, 15) is 13.5 Å². The fraction of sp³-hybridized carbons (Fsp3) is 0. The lowest BCUT2D eigenvalue weighted by molar-refractivity contribution is 0.355. The SMILES string of the molecule is NS(=O)(=O)c1ccc2ccc([O])cc2c1. The fourth-order valence-corrected chi connectivity index (χ4v) is 1.93. The van der Waals surface area contributed by atoms with Crippen LogP contribution in [0, 0.1) is 0 Å². The molecular weight excluding hydrogens is 214 g/mol. The van der Waals surface area contributed by atoms with E-state index in [4.69, 9.17) is 5.14 Å². The van der Waals surface area contributed by atoms with Gasteiger partial charge in [0.1, 0.15) is 0 Å². The van der Waals surface area contributed by atoms with Crippen molar-refractivity contribution in [2.45, 2.75) is 4.90 Å². The molecule has 0 atom stereocenters. The summed E-state index contributed by atoms with van der Waals surface area (Å²) in [5, 5.41) is 17.4. The second-order valence-corrected chi connectivity index (χ2v) is 4.78. The van der Waals surface area contributed by atoms with Gasteiger partial charge in [-0.1, -0.05) is 12.1 Å². The van der Waals surface area contributed by atoms with Gasteiger partial charge < -0.3 is 0 Å². The molecule has 2 aromatic carbocycles. The third-order valence-corrected chi connectivity index (χ3v) is 3.02. The van der Waals surface area contributed by atoms with Crippen LogP contribution in [0.3, 0.4) is 0 Å². The Kier molecular flexibility index (Phi) is 2.13. The summed E-state index contributed by atoms with van der Waals surface area (Å²) in [5.41, 5.74) is 0. The Morgan fingerprint density at radius 3 is 2.27 bits per heavy atom. The van der Waals surface area contributed by atoms with Gasteiger partial charge in [-0.25, -0.2) is 13.6 Å². The zero-order chi connectivity index (χ0) is 11.1. The minimum Gasteiger partial charge on any atom is -0.290 e. The van der Waals surface area contributed by atoms with Crippen LogP contribution < -0.4 is 5.14 Å². The monoisotopic (exact) mass is 222 g/mol. The van der Waals surface area contributed by atoms with Crippen molar-refractivity contribution in [2.24, 2.45) is 5.14 Å². The van der Waals surface area contributed by atoms with Gasteiger partial charge in [0.05, 0.1) is 4.90 Å². The Balaban J connectivity index is 2.75. The van der Waals surface area contributed by atoms with Crippen LogP contribution in [0.15, 0.2) is 41.3 Å². The molecule has 5 heteroatoms. The third kappa shape index (κ3) is 1.93. The molecule has 1 radical (unpaired) electrons. The van der Waals surface area contributed by atoms with E-state index < -0.39 is 10.0 Å². The van der Waals surface area contributed by atoms with Crippen molar-refractivity contribution in [2.75, 3.05) is 0 Å². The third-order valence-electron chi connectivity index (χ3n) is 2.11. The zero-order valence-electron chi connectivity index (χ0n) is 7.67. The largest absolute Gasteiger partial charge is 0.290 e. The zero-order valence-corrected chi connectivity index (χ0v) is 8.49. The van der Waals surface area contributed by atoms with Gasteiger partial charge in [0, 0.05) is 0 Å². The lowest BCUT2D eigenvalue weighted by Crippen LogP contribution is -2.11. The summed E-state index contributed by atoms with van der Waals surface area (Å²) in [6, 6.07) is 8.89. The molecule has 0 saturated carbocycles. The fourth-order valence-electron chi connectivity index (χ4n) is 1.38. The molecule has 0 aliphatic carbocycles. The van der Waals surface area contributed by atoms with Crippen LogP contribution in [-0.4, -0.2) is 8.42 Å². The van der Waals surface area contributed by atoms with Crippen molar-refractivity contribution in [1.29, 1.82) is 0 Å². The normalized spacial score (nSPS) is 11.8. The summed E-state index contributed by atoms with van der Waals surface area (Å²) in [6.45, 7) is 0. The Morgan fingerprint density at radius 1 is 0.933 bits per heavy atom. The van der Waals surface area contributed by atoms with Gasteiger partial charge in [-0.15, -0.1) is 0 Å². The number of hydrogen-bond donors (Lipinski definition) is 1. The number of benzene rings is 2. The van der Waals surface area contributed by atoms with Crippen LogP contribution in [0.2, 0.25) is 0 Å². The minimum absolute atomic E-state index is 0.0144. The molecule has 2 N–H and O–H groups in total. The molecule has 0 unspecified atom stereocenters. The molecule has 2 rings (SSSR count). The molecule has 0 aromatic heterocycles. The predicted octanol–water partition coefficient (Wildman–Crippen LogP) is 1.63. The molecule has 0 spiro atoms. The first-order valence-corrected chi connectivity index (χ1v) is 5.75. The highest BCUT2D eigenvalue weighted by molar-refractivity contribution is 7.89. The van der Waals surface area contributed by atoms with Crippen molar-refractivity contribution in [3.05, 3.63) is 36.4 Å². The number of hydrogen-bond acceptors (Lipinski definition) is 2. The Bertz CT molecular complexity index is 620. The average Bonchev–Trinajstić information content (AvgIpc) is 2.15. The van der Waals surface area contributed by atoms with Crippen molar-refractivity contribution in [3.63, 3.8) is 0 Å². The van der Waals surface area contributed by atoms with Crippen LogP contribution in [0.5, 0.6) is 5.75 Å². The van der Waals surface area contributed by atoms with E-state index in [1.165, 1.54) is 24.3 Å². The quantitative estimate of drug-likeness (QED) is 0.795. The first-order valence-electron chi connectivity index (χ1n) is 4.20. The first kappa shape index (κ1) is 9.95. The molecule has 0 heterocycles. The first-order chi connectivity index (χ1) is 6.97. The Labute approximate surface area is 87.0 Å². The number of sulfonamides is 1. The summed E-state index contributed by atoms with van der Waals surface area (Å²) in [5.74, 6) is -0.158. The van der Waals surface area contributed by atoms with Crippen molar-refractivity contribution >= 4 is 20.8 Å². The topological polar surface area (TPSA) is 80.1 Å². The van der Waals surface area contributed by atoms with Crippen LogP contribution >= 0.6 is 0 Å². The van der Waals surface area contributed by atoms with Gasteiger partial charge in [0.2, 0.25) is 10.0 Å². The highest BCUT2D eigenvalue weighted by atomic mass is 32.2. The molecule has 0 aliphatic rings. The highest BCUT2D eigenvalue weighted by Crippen LogP contribution is 2.22. The molecule has 0 fully saturated rings. The Morgan fingerprint density at radius 2 is 1.60 bits per heavy atom. The van der Waals surface area contributed by atoms with E-state index in [-0.39, 0.29) is 10.6 Å². The lowest BCUT2D eigenvalue weighted by atomic mass is 10.1. The maximum absolute atomic E-state index is 11.1. The number of fused-ring (bicyclic) bond motifs is 1. The predicted molar refractivity (Wildman–Crippen MR) is 55.5 cm³/mol. The van der Waals surface area contributed by atoms with Crippen molar-refractivity contribution in [1.82, 2.24) is 0 Å². The van der Waals surface area contributed by atoms with Crippen molar-refractivity contribution in [3.8, 4) is 5.75 Å². The van der Waals surface area contributed by atoms with E-state index in [0.717, 1.165) is 5.39 Å². The van der Waals surface area contributed by atoms with Crippen LogP contribution in [0.25, 0.3) is 10.8 Å². The van der Waals surface area contributed by atoms with Gasteiger partial charge >= 0.3 is 0 Å². The standard InChI is InChI=1S/C10H8NO3S/c11-15(13,14)10-4-2-7-1-3-9(12)5-8(7)6-10/h1-6H,(H2,11,13,14). The van der Waals surface area contributed by atoms with Crippen molar-refractivity contribution < 1.29 is 13.5 Å². The summed E-state index contributed by atoms with van der Waals surface area (Å²) in [7, 11) is -3.71. The maximum Gasteiger partial charge on any atom is 0.238 e. The van der Waals surface area contributed by atoms with Gasteiger partial charge in [0.25, 0.3) is 0 Å². The smallest absolute Gasteiger partial charge is 0.238 e. The number of nitrogens with two attached hydrogens (primary N) is 1. The molecule has 0 aliphatic heterocycles. The average molecular weight is 222 g/mol. The minimum atomic E-state index is -3.71. The molecule has 0 bridgehead atoms. The number of rotatable bonds is 1. The highest BCUT2D eigenvalue weighted by Gasteiger charge is 2.08. The molecule has 0 saturated heterocycles. The molecular formula is C10H8NO3S. The maximum atomic E-state index is 11.1. The van der Waals surface area contributed by atoms with E-state index in [2.05, 4.69) is 0 Å². The lowest BCUT2D eigenvalue weighted by Gasteiger charge is -2.01. The van der Waals surface area contributed by atoms with Gasteiger partial charge in [-0.3, -0.25) is 5.11 Å². The summed E-state index contributed by atoms with van der Waals surface area (Å²) < 4.78 is 22.1. The van der Waals surface area contributed by atoms with Crippen LogP contribution in [0.4, 0.5) is 0 Å². The molecule has 77 valence electrons.